The van der Waals surface area contributed by atoms with Crippen molar-refractivity contribution in [1.29, 1.82) is 0 Å². The molecular weight excluding hydrogens is 358 g/mol. The first-order valence-corrected chi connectivity index (χ1v) is 10.4. The van der Waals surface area contributed by atoms with Gasteiger partial charge >= 0.3 is 0 Å². The van der Waals surface area contributed by atoms with Gasteiger partial charge in [-0.3, -0.25) is 0 Å². The van der Waals surface area contributed by atoms with Crippen molar-refractivity contribution in [3.8, 4) is 0 Å². The summed E-state index contributed by atoms with van der Waals surface area (Å²) in [5.41, 5.74) is 6.68. The number of nitrogen functional groups attached to an aromatic ring is 1. The summed E-state index contributed by atoms with van der Waals surface area (Å²) < 4.78 is 27.1. The van der Waals surface area contributed by atoms with Crippen LogP contribution in [0.15, 0.2) is 40.6 Å². The molecule has 0 unspecified atom stereocenters. The minimum atomic E-state index is -3.46. The maximum atomic E-state index is 12.6. The molecule has 1 aromatic heterocycles. The molecule has 0 aliphatic carbocycles. The standard InChI is InChI=1S/C17H23N3O3S2/c1-17(2,21)13-3-5-14(6-4-13)19-9-11-20(12-10-19)25(22,23)16-8-7-15(18)24-16/h3-8,21H,9-12,18H2,1-2H3. The molecule has 2 heterocycles. The Morgan fingerprint density at radius 1 is 1.04 bits per heavy atom. The number of rotatable bonds is 4. The average Bonchev–Trinajstić information content (AvgIpc) is 3.02. The molecule has 3 N–H and O–H groups in total. The van der Waals surface area contributed by atoms with Crippen molar-refractivity contribution in [2.45, 2.75) is 23.7 Å². The van der Waals surface area contributed by atoms with E-state index in [0.29, 0.717) is 35.4 Å². The predicted molar refractivity (Wildman–Crippen MR) is 101 cm³/mol. The van der Waals surface area contributed by atoms with Gasteiger partial charge in [0, 0.05) is 31.9 Å². The zero-order valence-electron chi connectivity index (χ0n) is 14.3. The normalized spacial score (nSPS) is 17.0. The highest BCUT2D eigenvalue weighted by molar-refractivity contribution is 7.91. The third-order valence-electron chi connectivity index (χ3n) is 4.37. The molecule has 1 aromatic carbocycles. The Hall–Kier alpha value is -1.61. The van der Waals surface area contributed by atoms with Gasteiger partial charge in [-0.25, -0.2) is 8.42 Å². The van der Waals surface area contributed by atoms with Gasteiger partial charge in [-0.05, 0) is 43.7 Å². The fourth-order valence-electron chi connectivity index (χ4n) is 2.87. The number of sulfonamides is 1. The first-order chi connectivity index (χ1) is 11.7. The second kappa shape index (κ2) is 6.60. The Morgan fingerprint density at radius 2 is 1.64 bits per heavy atom. The van der Waals surface area contributed by atoms with Gasteiger partial charge in [0.15, 0.2) is 0 Å². The third kappa shape index (κ3) is 3.82. The lowest BCUT2D eigenvalue weighted by molar-refractivity contribution is 0.0786. The van der Waals surface area contributed by atoms with Crippen LogP contribution in [-0.4, -0.2) is 44.0 Å². The SMILES string of the molecule is CC(C)(O)c1ccc(N2CCN(S(=O)(=O)c3ccc(N)s3)CC2)cc1. The van der Waals surface area contributed by atoms with Crippen molar-refractivity contribution in [2.75, 3.05) is 36.8 Å². The fraction of sp³-hybridized carbons (Fsp3) is 0.412. The lowest BCUT2D eigenvalue weighted by Crippen LogP contribution is -2.48. The van der Waals surface area contributed by atoms with Crippen LogP contribution in [0, 0.1) is 0 Å². The van der Waals surface area contributed by atoms with Crippen LogP contribution in [0.1, 0.15) is 19.4 Å². The van der Waals surface area contributed by atoms with Crippen molar-refractivity contribution < 1.29 is 13.5 Å². The van der Waals surface area contributed by atoms with Gasteiger partial charge in [0.05, 0.1) is 10.6 Å². The van der Waals surface area contributed by atoms with Gasteiger partial charge < -0.3 is 15.7 Å². The number of benzene rings is 1. The monoisotopic (exact) mass is 381 g/mol. The maximum absolute atomic E-state index is 12.6. The number of nitrogens with two attached hydrogens (primary N) is 1. The van der Waals surface area contributed by atoms with E-state index in [2.05, 4.69) is 4.90 Å². The van der Waals surface area contributed by atoms with Gasteiger partial charge in [0.1, 0.15) is 4.21 Å². The molecule has 25 heavy (non-hydrogen) atoms. The first-order valence-electron chi connectivity index (χ1n) is 8.11. The summed E-state index contributed by atoms with van der Waals surface area (Å²) in [6, 6.07) is 10.9. The second-order valence-electron chi connectivity index (χ2n) is 6.65. The van der Waals surface area contributed by atoms with Crippen molar-refractivity contribution in [1.82, 2.24) is 4.31 Å². The number of anilines is 2. The molecule has 0 radical (unpaired) electrons. The summed E-state index contributed by atoms with van der Waals surface area (Å²) in [5.74, 6) is 0. The molecule has 2 aromatic rings. The zero-order valence-corrected chi connectivity index (χ0v) is 16.0. The van der Waals surface area contributed by atoms with Crippen LogP contribution in [0.4, 0.5) is 10.7 Å². The second-order valence-corrected chi connectivity index (χ2v) is 9.93. The van der Waals surface area contributed by atoms with Crippen molar-refractivity contribution >= 4 is 32.0 Å². The van der Waals surface area contributed by atoms with Gasteiger partial charge in [-0.15, -0.1) is 11.3 Å². The highest BCUT2D eigenvalue weighted by Crippen LogP contribution is 2.28. The average molecular weight is 382 g/mol. The van der Waals surface area contributed by atoms with Crippen molar-refractivity contribution in [3.63, 3.8) is 0 Å². The molecule has 1 aliphatic rings. The Kier molecular flexibility index (Phi) is 4.80. The summed E-state index contributed by atoms with van der Waals surface area (Å²) in [6.07, 6.45) is 0. The van der Waals surface area contributed by atoms with E-state index in [-0.39, 0.29) is 0 Å². The highest BCUT2D eigenvalue weighted by Gasteiger charge is 2.29. The highest BCUT2D eigenvalue weighted by atomic mass is 32.2. The van der Waals surface area contributed by atoms with E-state index in [9.17, 15) is 13.5 Å². The van der Waals surface area contributed by atoms with Gasteiger partial charge in [0.2, 0.25) is 0 Å². The van der Waals surface area contributed by atoms with Crippen LogP contribution in [0.2, 0.25) is 0 Å². The molecule has 136 valence electrons. The number of hydrogen-bond donors (Lipinski definition) is 2. The smallest absolute Gasteiger partial charge is 0.252 e. The zero-order chi connectivity index (χ0) is 18.2. The molecule has 6 nitrogen and oxygen atoms in total. The lowest BCUT2D eigenvalue weighted by atomic mass is 9.98. The molecule has 0 spiro atoms. The Balaban J connectivity index is 1.68. The van der Waals surface area contributed by atoms with E-state index in [1.807, 2.05) is 24.3 Å². The van der Waals surface area contributed by atoms with Gasteiger partial charge in [-0.2, -0.15) is 4.31 Å². The largest absolute Gasteiger partial charge is 0.391 e. The van der Waals surface area contributed by atoms with Gasteiger partial charge in [0.25, 0.3) is 10.0 Å². The summed E-state index contributed by atoms with van der Waals surface area (Å²) >= 11 is 1.10. The van der Waals surface area contributed by atoms with Crippen LogP contribution in [0.25, 0.3) is 0 Å². The third-order valence-corrected chi connectivity index (χ3v) is 7.65. The van der Waals surface area contributed by atoms with Crippen LogP contribution >= 0.6 is 11.3 Å². The number of thiophene rings is 1. The van der Waals surface area contributed by atoms with E-state index < -0.39 is 15.6 Å². The number of nitrogens with zero attached hydrogens (tertiary/aromatic N) is 2. The molecule has 0 bridgehead atoms. The lowest BCUT2D eigenvalue weighted by Gasteiger charge is -2.35. The molecule has 1 saturated heterocycles. The molecule has 0 amide bonds. The van der Waals surface area contributed by atoms with Crippen LogP contribution < -0.4 is 10.6 Å². The molecule has 8 heteroatoms. The quantitative estimate of drug-likeness (QED) is 0.847. The molecule has 1 fully saturated rings. The molecule has 0 saturated carbocycles. The Morgan fingerprint density at radius 3 is 2.12 bits per heavy atom. The maximum Gasteiger partial charge on any atom is 0.252 e. The molecular formula is C17H23N3O3S2. The van der Waals surface area contributed by atoms with Crippen molar-refractivity contribution in [2.24, 2.45) is 0 Å². The van der Waals surface area contributed by atoms with E-state index in [1.165, 1.54) is 4.31 Å². The topological polar surface area (TPSA) is 86.9 Å². The fourth-order valence-corrected chi connectivity index (χ4v) is 5.54. The van der Waals surface area contributed by atoms with Crippen molar-refractivity contribution in [3.05, 3.63) is 42.0 Å². The minimum Gasteiger partial charge on any atom is -0.391 e. The summed E-state index contributed by atoms with van der Waals surface area (Å²) in [5, 5.41) is 10.5. The predicted octanol–water partition coefficient (Wildman–Crippen LogP) is 2.07. The van der Waals surface area contributed by atoms with Crippen LogP contribution in [0.5, 0.6) is 0 Å². The van der Waals surface area contributed by atoms with Gasteiger partial charge in [-0.1, -0.05) is 12.1 Å². The number of aliphatic hydroxyl groups is 1. The molecule has 3 rings (SSSR count). The van der Waals surface area contributed by atoms with E-state index in [4.69, 9.17) is 5.73 Å². The summed E-state index contributed by atoms with van der Waals surface area (Å²) in [7, 11) is -3.46. The number of hydrogen-bond acceptors (Lipinski definition) is 6. The van der Waals surface area contributed by atoms with Crippen LogP contribution in [-0.2, 0) is 15.6 Å². The number of piperazine rings is 1. The first kappa shape index (κ1) is 18.2. The Bertz CT molecular complexity index is 831. The molecule has 0 atom stereocenters. The molecule has 1 aliphatic heterocycles. The van der Waals surface area contributed by atoms with Crippen LogP contribution in [0.3, 0.4) is 0 Å². The van der Waals surface area contributed by atoms with E-state index in [1.54, 1.807) is 26.0 Å². The Labute approximate surface area is 152 Å². The minimum absolute atomic E-state index is 0.299. The van der Waals surface area contributed by atoms with E-state index in [0.717, 1.165) is 22.6 Å². The summed E-state index contributed by atoms with van der Waals surface area (Å²) in [6.45, 7) is 5.64. The van der Waals surface area contributed by atoms with E-state index >= 15 is 0 Å². The summed E-state index contributed by atoms with van der Waals surface area (Å²) in [4.78, 5) is 2.16.